The fourth-order valence-electron chi connectivity index (χ4n) is 1.47. The number of hydrogen-bond donors (Lipinski definition) is 0. The van der Waals surface area contributed by atoms with Crippen molar-refractivity contribution in [3.8, 4) is 0 Å². The van der Waals surface area contributed by atoms with E-state index in [-0.39, 0.29) is 11.3 Å². The first-order valence-corrected chi connectivity index (χ1v) is 5.88. The topological polar surface area (TPSA) is 9.23 Å². The van der Waals surface area contributed by atoms with Crippen LogP contribution < -0.4 is 0 Å². The Labute approximate surface area is 97.2 Å². The van der Waals surface area contributed by atoms with Gasteiger partial charge in [-0.1, -0.05) is 20.3 Å². The standard InChI is InChI=1S/C13H22F2O/c1-5-8-11(6-2)13(16-7-3)12(15)10(4)9-14/h5-9H2,1-4H3/b12-10+,13-11-. The summed E-state index contributed by atoms with van der Waals surface area (Å²) in [6.45, 7) is 6.87. The molecule has 0 spiro atoms. The molecule has 3 heteroatoms. The van der Waals surface area contributed by atoms with Crippen LogP contribution in [-0.4, -0.2) is 13.3 Å². The average Bonchev–Trinajstić information content (AvgIpc) is 2.31. The third-order valence-electron chi connectivity index (χ3n) is 2.36. The predicted octanol–water partition coefficient (Wildman–Crippen LogP) is 4.70. The summed E-state index contributed by atoms with van der Waals surface area (Å²) in [4.78, 5) is 0. The normalized spacial score (nSPS) is 14.4. The number of ether oxygens (including phenoxy) is 1. The van der Waals surface area contributed by atoms with E-state index in [2.05, 4.69) is 0 Å². The lowest BCUT2D eigenvalue weighted by molar-refractivity contribution is 0.217. The smallest absolute Gasteiger partial charge is 0.166 e. The number of halogens is 2. The van der Waals surface area contributed by atoms with Crippen molar-refractivity contribution in [1.29, 1.82) is 0 Å². The highest BCUT2D eigenvalue weighted by Gasteiger charge is 2.14. The second-order valence-electron chi connectivity index (χ2n) is 3.70. The van der Waals surface area contributed by atoms with E-state index in [0.717, 1.165) is 24.8 Å². The van der Waals surface area contributed by atoms with Crippen LogP contribution in [0.5, 0.6) is 0 Å². The molecule has 0 aliphatic rings. The van der Waals surface area contributed by atoms with Crippen LogP contribution in [0.1, 0.15) is 47.0 Å². The summed E-state index contributed by atoms with van der Waals surface area (Å²) in [6, 6.07) is 0. The molecule has 1 nitrogen and oxygen atoms in total. The minimum atomic E-state index is -0.772. The lowest BCUT2D eigenvalue weighted by Crippen LogP contribution is -2.01. The molecule has 0 heterocycles. The summed E-state index contributed by atoms with van der Waals surface area (Å²) in [5.74, 6) is -0.281. The van der Waals surface area contributed by atoms with Crippen LogP contribution in [0.4, 0.5) is 8.78 Å². The molecule has 0 saturated heterocycles. The number of alkyl halides is 1. The predicted molar refractivity (Wildman–Crippen MR) is 63.6 cm³/mol. The number of rotatable bonds is 7. The SMILES string of the molecule is CCC/C(CC)=C(OCC)/C(F)=C(/C)CF. The molecule has 0 bridgehead atoms. The van der Waals surface area contributed by atoms with Gasteiger partial charge in [0.25, 0.3) is 0 Å². The van der Waals surface area contributed by atoms with Crippen molar-refractivity contribution >= 4 is 0 Å². The Bertz CT molecular complexity index is 267. The van der Waals surface area contributed by atoms with Gasteiger partial charge in [0.05, 0.1) is 6.61 Å². The highest BCUT2D eigenvalue weighted by Crippen LogP contribution is 2.26. The van der Waals surface area contributed by atoms with Crippen molar-refractivity contribution in [2.24, 2.45) is 0 Å². The minimum absolute atomic E-state index is 0.102. The van der Waals surface area contributed by atoms with Crippen LogP contribution in [0, 0.1) is 0 Å². The molecule has 0 aromatic carbocycles. The van der Waals surface area contributed by atoms with Gasteiger partial charge in [-0.2, -0.15) is 0 Å². The average molecular weight is 232 g/mol. The molecule has 0 amide bonds. The van der Waals surface area contributed by atoms with Crippen molar-refractivity contribution < 1.29 is 13.5 Å². The van der Waals surface area contributed by atoms with E-state index >= 15 is 0 Å². The van der Waals surface area contributed by atoms with Crippen LogP contribution in [0.25, 0.3) is 0 Å². The molecule has 0 aromatic rings. The monoisotopic (exact) mass is 232 g/mol. The van der Waals surface area contributed by atoms with E-state index in [4.69, 9.17) is 4.74 Å². The van der Waals surface area contributed by atoms with Gasteiger partial charge >= 0.3 is 0 Å². The molecular formula is C13H22F2O. The molecule has 0 fully saturated rings. The Morgan fingerprint density at radius 1 is 1.19 bits per heavy atom. The van der Waals surface area contributed by atoms with Gasteiger partial charge in [0.1, 0.15) is 6.67 Å². The van der Waals surface area contributed by atoms with Crippen molar-refractivity contribution in [1.82, 2.24) is 0 Å². The maximum atomic E-state index is 13.9. The summed E-state index contributed by atoms with van der Waals surface area (Å²) in [6.07, 6.45) is 2.46. The van der Waals surface area contributed by atoms with Crippen LogP contribution in [0.2, 0.25) is 0 Å². The number of hydrogen-bond acceptors (Lipinski definition) is 1. The molecule has 0 saturated carbocycles. The Kier molecular flexibility index (Phi) is 7.86. The van der Waals surface area contributed by atoms with Gasteiger partial charge in [0.2, 0.25) is 0 Å². The third-order valence-corrected chi connectivity index (χ3v) is 2.36. The highest BCUT2D eigenvalue weighted by atomic mass is 19.1. The Morgan fingerprint density at radius 2 is 1.81 bits per heavy atom. The maximum absolute atomic E-state index is 13.9. The molecule has 0 radical (unpaired) electrons. The fraction of sp³-hybridized carbons (Fsp3) is 0.692. The van der Waals surface area contributed by atoms with Crippen molar-refractivity contribution in [2.45, 2.75) is 47.0 Å². The van der Waals surface area contributed by atoms with E-state index in [1.54, 1.807) is 6.92 Å². The van der Waals surface area contributed by atoms with Crippen molar-refractivity contribution in [2.75, 3.05) is 13.3 Å². The summed E-state index contributed by atoms with van der Waals surface area (Å²) < 4.78 is 31.6. The maximum Gasteiger partial charge on any atom is 0.166 e. The summed E-state index contributed by atoms with van der Waals surface area (Å²) in [5, 5.41) is 0. The molecule has 0 unspecified atom stereocenters. The molecule has 0 aromatic heterocycles. The Balaban J connectivity index is 5.24. The highest BCUT2D eigenvalue weighted by molar-refractivity contribution is 5.29. The molecule has 0 aliphatic heterocycles. The van der Waals surface area contributed by atoms with E-state index in [9.17, 15) is 8.78 Å². The first kappa shape index (κ1) is 15.1. The van der Waals surface area contributed by atoms with Gasteiger partial charge in [-0.25, -0.2) is 8.78 Å². The lowest BCUT2D eigenvalue weighted by Gasteiger charge is -2.14. The molecular weight excluding hydrogens is 210 g/mol. The Morgan fingerprint density at radius 3 is 2.19 bits per heavy atom. The first-order chi connectivity index (χ1) is 7.62. The van der Waals surface area contributed by atoms with E-state index in [1.165, 1.54) is 6.92 Å². The molecule has 0 rings (SSSR count). The lowest BCUT2D eigenvalue weighted by atomic mass is 10.0. The van der Waals surface area contributed by atoms with Gasteiger partial charge in [-0.3, -0.25) is 0 Å². The van der Waals surface area contributed by atoms with Crippen LogP contribution >= 0.6 is 0 Å². The van der Waals surface area contributed by atoms with Crippen molar-refractivity contribution in [3.63, 3.8) is 0 Å². The van der Waals surface area contributed by atoms with Gasteiger partial charge in [-0.05, 0) is 37.8 Å². The van der Waals surface area contributed by atoms with Crippen molar-refractivity contribution in [3.05, 3.63) is 22.7 Å². The van der Waals surface area contributed by atoms with Gasteiger partial charge < -0.3 is 4.74 Å². The molecule has 0 aliphatic carbocycles. The largest absolute Gasteiger partial charge is 0.491 e. The van der Waals surface area contributed by atoms with Crippen LogP contribution in [0.15, 0.2) is 22.7 Å². The Hall–Kier alpha value is -0.860. The van der Waals surface area contributed by atoms with E-state index in [1.807, 2.05) is 13.8 Å². The quantitative estimate of drug-likeness (QED) is 0.456. The van der Waals surface area contributed by atoms with Gasteiger partial charge in [0, 0.05) is 0 Å². The van der Waals surface area contributed by atoms with Gasteiger partial charge in [0.15, 0.2) is 11.6 Å². The zero-order valence-electron chi connectivity index (χ0n) is 10.7. The van der Waals surface area contributed by atoms with E-state index in [0.29, 0.717) is 6.61 Å². The van der Waals surface area contributed by atoms with Crippen LogP contribution in [0.3, 0.4) is 0 Å². The summed E-state index contributed by atoms with van der Waals surface area (Å²) in [7, 11) is 0. The van der Waals surface area contributed by atoms with Crippen LogP contribution in [-0.2, 0) is 4.74 Å². The van der Waals surface area contributed by atoms with Gasteiger partial charge in [-0.15, -0.1) is 0 Å². The second-order valence-corrected chi connectivity index (χ2v) is 3.70. The zero-order valence-corrected chi connectivity index (χ0v) is 10.7. The summed E-state index contributed by atoms with van der Waals surface area (Å²) in [5.41, 5.74) is 1.03. The second kappa shape index (κ2) is 8.31. The number of allylic oxidation sites excluding steroid dienone is 3. The molecule has 94 valence electrons. The minimum Gasteiger partial charge on any atom is -0.491 e. The summed E-state index contributed by atoms with van der Waals surface area (Å²) >= 11 is 0. The third kappa shape index (κ3) is 4.33. The zero-order chi connectivity index (χ0) is 12.6. The molecule has 16 heavy (non-hydrogen) atoms. The first-order valence-electron chi connectivity index (χ1n) is 5.88. The molecule has 0 N–H and O–H groups in total. The fourth-order valence-corrected chi connectivity index (χ4v) is 1.47. The van der Waals surface area contributed by atoms with E-state index < -0.39 is 12.5 Å². The molecule has 0 atom stereocenters.